The van der Waals surface area contributed by atoms with Crippen molar-refractivity contribution in [1.29, 1.82) is 0 Å². The Balaban J connectivity index is 2.90. The molecule has 74 valence electrons. The predicted octanol–water partition coefficient (Wildman–Crippen LogP) is 0.582. The van der Waals surface area contributed by atoms with E-state index in [2.05, 4.69) is 0 Å². The summed E-state index contributed by atoms with van der Waals surface area (Å²) in [6, 6.07) is -1.76. The third-order valence-electron chi connectivity index (χ3n) is 1.77. The van der Waals surface area contributed by atoms with E-state index in [0.29, 0.717) is 0 Å². The summed E-state index contributed by atoms with van der Waals surface area (Å²) in [5.74, 6) is -2.80. The Kier molecular flexibility index (Phi) is 2.19. The minimum atomic E-state index is -4.89. The molecule has 1 saturated heterocycles. The zero-order chi connectivity index (χ0) is 10.2. The molecular formula is C6H6F3NO3. The molecule has 1 heterocycles. The van der Waals surface area contributed by atoms with Crippen LogP contribution in [0.4, 0.5) is 13.2 Å². The minimum Gasteiger partial charge on any atom is -0.480 e. The number of carbonyl (C=O) groups excluding carboxylic acids is 1. The highest BCUT2D eigenvalue weighted by molar-refractivity contribution is 5.87. The van der Waals surface area contributed by atoms with Gasteiger partial charge in [-0.05, 0) is 6.42 Å². The van der Waals surface area contributed by atoms with Gasteiger partial charge in [0.2, 0.25) is 5.91 Å². The van der Waals surface area contributed by atoms with E-state index >= 15 is 0 Å². The van der Waals surface area contributed by atoms with Gasteiger partial charge in [0.15, 0.2) is 0 Å². The number of halogens is 3. The van der Waals surface area contributed by atoms with Crippen molar-refractivity contribution in [3.05, 3.63) is 0 Å². The number of carboxylic acid groups (broad SMARTS) is 1. The fourth-order valence-corrected chi connectivity index (χ4v) is 1.24. The smallest absolute Gasteiger partial charge is 0.480 e. The van der Waals surface area contributed by atoms with E-state index in [0.717, 1.165) is 0 Å². The molecule has 0 spiro atoms. The van der Waals surface area contributed by atoms with Crippen LogP contribution >= 0.6 is 0 Å². The summed E-state index contributed by atoms with van der Waals surface area (Å²) in [5, 5.41) is 8.37. The van der Waals surface area contributed by atoms with Gasteiger partial charge in [0, 0.05) is 6.42 Å². The lowest BCUT2D eigenvalue weighted by Crippen LogP contribution is -2.47. The topological polar surface area (TPSA) is 57.6 Å². The number of amides is 1. The molecule has 4 nitrogen and oxygen atoms in total. The molecule has 1 aliphatic rings. The second kappa shape index (κ2) is 2.90. The van der Waals surface area contributed by atoms with Gasteiger partial charge in [-0.15, -0.1) is 13.2 Å². The largest absolute Gasteiger partial charge is 0.487 e. The van der Waals surface area contributed by atoms with Crippen molar-refractivity contribution in [1.82, 2.24) is 4.90 Å². The monoisotopic (exact) mass is 197 g/mol. The minimum absolute atomic E-state index is 0.284. The molecule has 1 N–H and O–H groups in total. The summed E-state index contributed by atoms with van der Waals surface area (Å²) in [4.78, 5) is 20.5. The van der Waals surface area contributed by atoms with Crippen LogP contribution in [0.25, 0.3) is 0 Å². The van der Waals surface area contributed by atoms with Crippen molar-refractivity contribution >= 4 is 11.9 Å². The standard InChI is InChI=1S/C6H6F3NO3/c7-6(8,9)10-3(5(12)13)1-2-4(10)11/h3H,1-2H2,(H,12,13)/t3-/m1/s1. The molecule has 13 heavy (non-hydrogen) atoms. The van der Waals surface area contributed by atoms with E-state index in [1.54, 1.807) is 0 Å². The Labute approximate surface area is 70.9 Å². The second-order valence-electron chi connectivity index (χ2n) is 2.62. The molecule has 0 saturated carbocycles. The van der Waals surface area contributed by atoms with Crippen LogP contribution in [0.3, 0.4) is 0 Å². The summed E-state index contributed by atoms with van der Waals surface area (Å²) in [5.41, 5.74) is 0. The van der Waals surface area contributed by atoms with Crippen molar-refractivity contribution in [2.24, 2.45) is 0 Å². The SMILES string of the molecule is O=C(O)[C@H]1CCC(=O)N1C(F)(F)F. The Morgan fingerprint density at radius 3 is 2.38 bits per heavy atom. The number of rotatable bonds is 1. The third-order valence-corrected chi connectivity index (χ3v) is 1.77. The van der Waals surface area contributed by atoms with Crippen molar-refractivity contribution in [2.75, 3.05) is 0 Å². The van der Waals surface area contributed by atoms with Crippen LogP contribution in [-0.4, -0.2) is 34.2 Å². The van der Waals surface area contributed by atoms with Gasteiger partial charge in [0.05, 0.1) is 0 Å². The molecule has 0 aromatic rings. The Hall–Kier alpha value is -1.27. The maximum Gasteiger partial charge on any atom is 0.487 e. The lowest BCUT2D eigenvalue weighted by atomic mass is 10.2. The van der Waals surface area contributed by atoms with Crippen LogP contribution in [0.1, 0.15) is 12.8 Å². The number of carboxylic acids is 1. The van der Waals surface area contributed by atoms with E-state index in [9.17, 15) is 22.8 Å². The Bertz CT molecular complexity index is 250. The van der Waals surface area contributed by atoms with Crippen LogP contribution < -0.4 is 0 Å². The third kappa shape index (κ3) is 1.73. The summed E-state index contributed by atoms with van der Waals surface area (Å²) >= 11 is 0. The molecule has 1 fully saturated rings. The second-order valence-corrected chi connectivity index (χ2v) is 2.62. The van der Waals surface area contributed by atoms with Gasteiger partial charge in [0.1, 0.15) is 6.04 Å². The zero-order valence-corrected chi connectivity index (χ0v) is 6.34. The first-order chi connectivity index (χ1) is 5.84. The molecule has 1 aliphatic heterocycles. The average Bonchev–Trinajstić information content (AvgIpc) is 2.28. The zero-order valence-electron chi connectivity index (χ0n) is 6.34. The highest BCUT2D eigenvalue weighted by Gasteiger charge is 2.51. The quantitative estimate of drug-likeness (QED) is 0.625. The first-order valence-electron chi connectivity index (χ1n) is 3.45. The van der Waals surface area contributed by atoms with E-state index in [4.69, 9.17) is 5.11 Å². The number of aliphatic carboxylic acids is 1. The highest BCUT2D eigenvalue weighted by Crippen LogP contribution is 2.31. The van der Waals surface area contributed by atoms with Crippen LogP contribution in [0.5, 0.6) is 0 Å². The molecule has 0 aromatic heterocycles. The normalized spacial score (nSPS) is 23.8. The first-order valence-corrected chi connectivity index (χ1v) is 3.45. The first kappa shape index (κ1) is 9.82. The fraction of sp³-hybridized carbons (Fsp3) is 0.667. The van der Waals surface area contributed by atoms with Crippen molar-refractivity contribution in [2.45, 2.75) is 25.2 Å². The summed E-state index contributed by atoms with van der Waals surface area (Å²) < 4.78 is 36.2. The van der Waals surface area contributed by atoms with E-state index in [-0.39, 0.29) is 12.8 Å². The summed E-state index contributed by atoms with van der Waals surface area (Å²) in [6.45, 7) is 0. The number of carbonyl (C=O) groups is 2. The van der Waals surface area contributed by atoms with Gasteiger partial charge in [-0.1, -0.05) is 0 Å². The molecule has 1 atom stereocenters. The maximum atomic E-state index is 12.1. The van der Waals surface area contributed by atoms with Gasteiger partial charge < -0.3 is 5.11 Å². The van der Waals surface area contributed by atoms with Gasteiger partial charge in [-0.2, -0.15) is 0 Å². The molecule has 7 heteroatoms. The molecular weight excluding hydrogens is 191 g/mol. The van der Waals surface area contributed by atoms with Gasteiger partial charge in [0.25, 0.3) is 0 Å². The van der Waals surface area contributed by atoms with Crippen LogP contribution in [-0.2, 0) is 9.59 Å². The predicted molar refractivity (Wildman–Crippen MR) is 33.6 cm³/mol. The summed E-state index contributed by atoms with van der Waals surface area (Å²) in [6.07, 6.45) is -5.54. The highest BCUT2D eigenvalue weighted by atomic mass is 19.4. The fourth-order valence-electron chi connectivity index (χ4n) is 1.24. The number of alkyl halides is 3. The van der Waals surface area contributed by atoms with E-state index in [1.807, 2.05) is 0 Å². The van der Waals surface area contributed by atoms with E-state index in [1.165, 1.54) is 0 Å². The van der Waals surface area contributed by atoms with Gasteiger partial charge in [-0.25, -0.2) is 9.69 Å². The maximum absolute atomic E-state index is 12.1. The average molecular weight is 197 g/mol. The lowest BCUT2D eigenvalue weighted by molar-refractivity contribution is -0.246. The Morgan fingerprint density at radius 2 is 2.08 bits per heavy atom. The number of nitrogens with zero attached hydrogens (tertiary/aromatic N) is 1. The van der Waals surface area contributed by atoms with Crippen molar-refractivity contribution < 1.29 is 27.9 Å². The van der Waals surface area contributed by atoms with Gasteiger partial charge in [-0.3, -0.25) is 4.79 Å². The molecule has 0 aromatic carbocycles. The molecule has 0 bridgehead atoms. The van der Waals surface area contributed by atoms with Crippen molar-refractivity contribution in [3.8, 4) is 0 Å². The molecule has 1 amide bonds. The molecule has 0 radical (unpaired) electrons. The molecule has 1 rings (SSSR count). The summed E-state index contributed by atoms with van der Waals surface area (Å²) in [7, 11) is 0. The Morgan fingerprint density at radius 1 is 1.54 bits per heavy atom. The van der Waals surface area contributed by atoms with Crippen LogP contribution in [0.2, 0.25) is 0 Å². The van der Waals surface area contributed by atoms with Gasteiger partial charge >= 0.3 is 12.3 Å². The lowest BCUT2D eigenvalue weighted by Gasteiger charge is -2.23. The molecule has 0 aliphatic carbocycles. The van der Waals surface area contributed by atoms with Crippen LogP contribution in [0.15, 0.2) is 0 Å². The number of hydrogen-bond acceptors (Lipinski definition) is 2. The number of likely N-dealkylation sites (tertiary alicyclic amines) is 1. The van der Waals surface area contributed by atoms with Crippen molar-refractivity contribution in [3.63, 3.8) is 0 Å². The number of hydrogen-bond donors (Lipinski definition) is 1. The molecule has 0 unspecified atom stereocenters. The van der Waals surface area contributed by atoms with E-state index < -0.39 is 29.1 Å². The van der Waals surface area contributed by atoms with Crippen LogP contribution in [0, 0.1) is 0 Å².